The van der Waals surface area contributed by atoms with Gasteiger partial charge >= 0.3 is 5.97 Å². The summed E-state index contributed by atoms with van der Waals surface area (Å²) in [6.07, 6.45) is -1.34. The minimum Gasteiger partial charge on any atom is -0.507 e. The number of carbonyl (C=O) groups is 2. The third kappa shape index (κ3) is 4.27. The Morgan fingerprint density at radius 2 is 1.68 bits per heavy atom. The molecule has 132 valence electrons. The highest BCUT2D eigenvalue weighted by Crippen LogP contribution is 2.22. The molecule has 0 aliphatic rings. The topological polar surface area (TPSA) is 105 Å². The van der Waals surface area contributed by atoms with Gasteiger partial charge in [-0.1, -0.05) is 24.3 Å². The van der Waals surface area contributed by atoms with Crippen molar-refractivity contribution < 1.29 is 29.3 Å². The molecule has 0 spiro atoms. The summed E-state index contributed by atoms with van der Waals surface area (Å²) in [6, 6.07) is 10.9. The SMILES string of the molecule is COC(=O)C(NC(=O)c1ccccc1O)C(O)c1ccc(OC)cc1. The molecule has 0 saturated carbocycles. The van der Waals surface area contributed by atoms with Gasteiger partial charge in [-0.2, -0.15) is 0 Å². The van der Waals surface area contributed by atoms with Crippen LogP contribution in [0.3, 0.4) is 0 Å². The molecular formula is C18H19NO6. The Morgan fingerprint density at radius 3 is 2.24 bits per heavy atom. The van der Waals surface area contributed by atoms with Crippen molar-refractivity contribution in [3.05, 3.63) is 59.7 Å². The second kappa shape index (κ2) is 8.16. The number of aliphatic hydroxyl groups excluding tert-OH is 1. The van der Waals surface area contributed by atoms with Gasteiger partial charge in [0.25, 0.3) is 5.91 Å². The number of aromatic hydroxyl groups is 1. The van der Waals surface area contributed by atoms with Gasteiger partial charge in [-0.15, -0.1) is 0 Å². The summed E-state index contributed by atoms with van der Waals surface area (Å²) in [6.45, 7) is 0. The molecule has 0 heterocycles. The van der Waals surface area contributed by atoms with E-state index in [9.17, 15) is 19.8 Å². The van der Waals surface area contributed by atoms with Crippen LogP contribution < -0.4 is 10.1 Å². The van der Waals surface area contributed by atoms with Crippen LogP contribution in [0.1, 0.15) is 22.0 Å². The summed E-state index contributed by atoms with van der Waals surface area (Å²) in [5.74, 6) is -1.17. The first-order chi connectivity index (χ1) is 12.0. The zero-order valence-corrected chi connectivity index (χ0v) is 13.8. The van der Waals surface area contributed by atoms with Crippen molar-refractivity contribution in [3.63, 3.8) is 0 Å². The van der Waals surface area contributed by atoms with E-state index in [1.165, 1.54) is 19.2 Å². The number of benzene rings is 2. The number of para-hydroxylation sites is 1. The number of hydrogen-bond donors (Lipinski definition) is 3. The molecule has 2 atom stereocenters. The van der Waals surface area contributed by atoms with Crippen molar-refractivity contribution >= 4 is 11.9 Å². The summed E-state index contributed by atoms with van der Waals surface area (Å²) >= 11 is 0. The predicted octanol–water partition coefficient (Wildman–Crippen LogP) is 1.41. The fourth-order valence-corrected chi connectivity index (χ4v) is 2.27. The Morgan fingerprint density at radius 1 is 1.04 bits per heavy atom. The van der Waals surface area contributed by atoms with Crippen LogP contribution in [0.2, 0.25) is 0 Å². The van der Waals surface area contributed by atoms with Gasteiger partial charge in [0.15, 0.2) is 6.04 Å². The van der Waals surface area contributed by atoms with E-state index in [0.29, 0.717) is 11.3 Å². The largest absolute Gasteiger partial charge is 0.507 e. The average Bonchev–Trinajstić information content (AvgIpc) is 2.65. The Balaban J connectivity index is 2.24. The molecule has 0 fully saturated rings. The number of amides is 1. The van der Waals surface area contributed by atoms with E-state index in [2.05, 4.69) is 10.1 Å². The van der Waals surface area contributed by atoms with Gasteiger partial charge in [0, 0.05) is 0 Å². The number of rotatable bonds is 6. The van der Waals surface area contributed by atoms with Gasteiger partial charge < -0.3 is 25.0 Å². The normalized spacial score (nSPS) is 12.8. The Hall–Kier alpha value is -3.06. The summed E-state index contributed by atoms with van der Waals surface area (Å²) in [5, 5.41) is 22.6. The van der Waals surface area contributed by atoms with Gasteiger partial charge in [0.05, 0.1) is 19.8 Å². The highest BCUT2D eigenvalue weighted by Gasteiger charge is 2.31. The van der Waals surface area contributed by atoms with E-state index < -0.39 is 24.0 Å². The van der Waals surface area contributed by atoms with E-state index in [1.54, 1.807) is 36.4 Å². The smallest absolute Gasteiger partial charge is 0.331 e. The van der Waals surface area contributed by atoms with Crippen molar-refractivity contribution in [2.24, 2.45) is 0 Å². The second-order valence-corrected chi connectivity index (χ2v) is 5.21. The molecule has 2 aromatic carbocycles. The van der Waals surface area contributed by atoms with Crippen molar-refractivity contribution in [2.75, 3.05) is 14.2 Å². The van der Waals surface area contributed by atoms with Crippen LogP contribution in [0.15, 0.2) is 48.5 Å². The molecule has 1 amide bonds. The van der Waals surface area contributed by atoms with Crippen molar-refractivity contribution in [3.8, 4) is 11.5 Å². The van der Waals surface area contributed by atoms with Crippen LogP contribution in [-0.4, -0.2) is 42.4 Å². The number of methoxy groups -OCH3 is 2. The molecule has 0 aliphatic heterocycles. The van der Waals surface area contributed by atoms with Crippen molar-refractivity contribution in [2.45, 2.75) is 12.1 Å². The van der Waals surface area contributed by atoms with E-state index in [0.717, 1.165) is 7.11 Å². The maximum absolute atomic E-state index is 12.3. The number of phenolic OH excluding ortho intramolecular Hbond substituents is 1. The van der Waals surface area contributed by atoms with E-state index in [-0.39, 0.29) is 11.3 Å². The first kappa shape index (κ1) is 18.3. The molecule has 2 rings (SSSR count). The van der Waals surface area contributed by atoms with Crippen LogP contribution in [0, 0.1) is 0 Å². The number of phenols is 1. The van der Waals surface area contributed by atoms with Crippen molar-refractivity contribution in [1.29, 1.82) is 0 Å². The molecule has 7 heteroatoms. The van der Waals surface area contributed by atoms with Crippen LogP contribution in [0.4, 0.5) is 0 Å². The lowest BCUT2D eigenvalue weighted by Gasteiger charge is -2.22. The minimum absolute atomic E-state index is 0.0154. The quantitative estimate of drug-likeness (QED) is 0.684. The lowest BCUT2D eigenvalue weighted by atomic mass is 10.0. The van der Waals surface area contributed by atoms with Crippen LogP contribution in [-0.2, 0) is 9.53 Å². The molecule has 7 nitrogen and oxygen atoms in total. The van der Waals surface area contributed by atoms with Gasteiger partial charge in [0.1, 0.15) is 17.6 Å². The third-order valence-corrected chi connectivity index (χ3v) is 3.66. The fourth-order valence-electron chi connectivity index (χ4n) is 2.27. The Kier molecular flexibility index (Phi) is 5.97. The summed E-state index contributed by atoms with van der Waals surface area (Å²) in [5.41, 5.74) is 0.382. The summed E-state index contributed by atoms with van der Waals surface area (Å²) in [7, 11) is 2.66. The van der Waals surface area contributed by atoms with Gasteiger partial charge in [-0.05, 0) is 29.8 Å². The lowest BCUT2D eigenvalue weighted by Crippen LogP contribution is -2.45. The average molecular weight is 345 g/mol. The highest BCUT2D eigenvalue weighted by atomic mass is 16.5. The molecule has 3 N–H and O–H groups in total. The van der Waals surface area contributed by atoms with Gasteiger partial charge in [-0.25, -0.2) is 4.79 Å². The van der Waals surface area contributed by atoms with Crippen LogP contribution in [0.25, 0.3) is 0 Å². The molecule has 25 heavy (non-hydrogen) atoms. The number of aliphatic hydroxyl groups is 1. The predicted molar refractivity (Wildman–Crippen MR) is 89.3 cm³/mol. The first-order valence-electron chi connectivity index (χ1n) is 7.46. The van der Waals surface area contributed by atoms with Gasteiger partial charge in [-0.3, -0.25) is 4.79 Å². The van der Waals surface area contributed by atoms with Crippen LogP contribution >= 0.6 is 0 Å². The van der Waals surface area contributed by atoms with Crippen LogP contribution in [0.5, 0.6) is 11.5 Å². The standard InChI is InChI=1S/C18H19NO6/c1-24-12-9-7-11(8-10-12)16(21)15(18(23)25-2)19-17(22)13-5-3-4-6-14(13)20/h3-10,15-16,20-21H,1-2H3,(H,19,22). The molecule has 2 aromatic rings. The first-order valence-corrected chi connectivity index (χ1v) is 7.46. The zero-order valence-electron chi connectivity index (χ0n) is 13.8. The Bertz CT molecular complexity index is 743. The molecule has 0 aromatic heterocycles. The number of nitrogens with one attached hydrogen (secondary N) is 1. The molecular weight excluding hydrogens is 326 g/mol. The third-order valence-electron chi connectivity index (χ3n) is 3.66. The maximum atomic E-state index is 12.3. The molecule has 0 aliphatic carbocycles. The Labute approximate surface area is 144 Å². The summed E-state index contributed by atoms with van der Waals surface area (Å²) < 4.78 is 9.71. The molecule has 0 bridgehead atoms. The fraction of sp³-hybridized carbons (Fsp3) is 0.222. The van der Waals surface area contributed by atoms with Crippen molar-refractivity contribution in [1.82, 2.24) is 5.32 Å². The van der Waals surface area contributed by atoms with E-state index >= 15 is 0 Å². The van der Waals surface area contributed by atoms with E-state index in [1.807, 2.05) is 0 Å². The zero-order chi connectivity index (χ0) is 18.4. The molecule has 0 saturated heterocycles. The second-order valence-electron chi connectivity index (χ2n) is 5.21. The summed E-state index contributed by atoms with van der Waals surface area (Å²) in [4.78, 5) is 24.3. The number of hydrogen-bond acceptors (Lipinski definition) is 6. The molecule has 0 radical (unpaired) electrons. The maximum Gasteiger partial charge on any atom is 0.331 e. The highest BCUT2D eigenvalue weighted by molar-refractivity contribution is 5.99. The van der Waals surface area contributed by atoms with Gasteiger partial charge in [0.2, 0.25) is 0 Å². The lowest BCUT2D eigenvalue weighted by molar-refractivity contribution is -0.146. The number of ether oxygens (including phenoxy) is 2. The number of esters is 1. The monoisotopic (exact) mass is 345 g/mol. The number of carbonyl (C=O) groups excluding carboxylic acids is 2. The molecule has 2 unspecified atom stereocenters. The minimum atomic E-state index is -1.34. The van der Waals surface area contributed by atoms with E-state index in [4.69, 9.17) is 4.74 Å².